The first-order valence-electron chi connectivity index (χ1n) is 6.46. The number of hydrogen-bond acceptors (Lipinski definition) is 3. The number of fused-ring (bicyclic) bond motifs is 1. The van der Waals surface area contributed by atoms with Gasteiger partial charge in [-0.1, -0.05) is 12.1 Å². The van der Waals surface area contributed by atoms with Crippen molar-refractivity contribution in [2.24, 2.45) is 0 Å². The third kappa shape index (κ3) is 2.00. The molecule has 0 N–H and O–H groups in total. The summed E-state index contributed by atoms with van der Waals surface area (Å²) >= 11 is 0. The molecule has 1 fully saturated rings. The fraction of sp³-hybridized carbons (Fsp3) is 0.571. The lowest BCUT2D eigenvalue weighted by Gasteiger charge is -2.34. The van der Waals surface area contributed by atoms with E-state index in [0.717, 1.165) is 38.3 Å². The molecule has 0 aromatic heterocycles. The molecule has 3 heteroatoms. The quantitative estimate of drug-likeness (QED) is 0.734. The van der Waals surface area contributed by atoms with Gasteiger partial charge in [0.2, 0.25) is 0 Å². The Morgan fingerprint density at radius 3 is 2.71 bits per heavy atom. The van der Waals surface area contributed by atoms with Gasteiger partial charge in [0.25, 0.3) is 0 Å². The number of hydrogen-bond donors (Lipinski definition) is 0. The maximum atomic E-state index is 5.96. The van der Waals surface area contributed by atoms with Gasteiger partial charge in [0, 0.05) is 32.6 Å². The van der Waals surface area contributed by atoms with Gasteiger partial charge in [0.15, 0.2) is 0 Å². The molecule has 2 aliphatic rings. The second kappa shape index (κ2) is 4.22. The molecular weight excluding hydrogens is 212 g/mol. The fourth-order valence-corrected chi connectivity index (χ4v) is 2.72. The summed E-state index contributed by atoms with van der Waals surface area (Å²) in [5.74, 6) is 1.13. The van der Waals surface area contributed by atoms with Gasteiger partial charge in [0.1, 0.15) is 11.9 Å². The lowest BCUT2D eigenvalue weighted by molar-refractivity contribution is 0.253. The number of piperazine rings is 1. The monoisotopic (exact) mass is 232 g/mol. The summed E-state index contributed by atoms with van der Waals surface area (Å²) in [6.07, 6.45) is 1.38. The number of nitrogens with zero attached hydrogens (tertiary/aromatic N) is 2. The zero-order valence-electron chi connectivity index (χ0n) is 10.6. The van der Waals surface area contributed by atoms with E-state index in [9.17, 15) is 0 Å². The van der Waals surface area contributed by atoms with Gasteiger partial charge < -0.3 is 14.5 Å². The number of likely N-dealkylation sites (N-methyl/N-ethyl adjacent to an activating group) is 1. The van der Waals surface area contributed by atoms with Crippen LogP contribution in [-0.4, -0.2) is 44.2 Å². The summed E-state index contributed by atoms with van der Waals surface area (Å²) in [7, 11) is 2.19. The van der Waals surface area contributed by atoms with Crippen LogP contribution >= 0.6 is 0 Å². The molecule has 3 nitrogen and oxygen atoms in total. The normalized spacial score (nSPS) is 24.6. The first-order valence-corrected chi connectivity index (χ1v) is 6.46. The third-order valence-electron chi connectivity index (χ3n) is 3.75. The molecule has 1 atom stereocenters. The van der Waals surface area contributed by atoms with Crippen LogP contribution in [0.3, 0.4) is 0 Å². The molecule has 0 saturated carbocycles. The Morgan fingerprint density at radius 1 is 1.18 bits per heavy atom. The Balaban J connectivity index is 1.87. The van der Waals surface area contributed by atoms with Crippen molar-refractivity contribution in [2.75, 3.05) is 38.1 Å². The smallest absolute Gasteiger partial charge is 0.146 e. The standard InChI is InChI=1S/C14H20N2O/c1-11-10-12-4-3-5-13(14(12)17-11)16-8-6-15(2)7-9-16/h3-5,11H,6-10H2,1-2H3. The van der Waals surface area contributed by atoms with E-state index < -0.39 is 0 Å². The zero-order valence-corrected chi connectivity index (χ0v) is 10.6. The van der Waals surface area contributed by atoms with Crippen LogP contribution in [0.15, 0.2) is 18.2 Å². The number of para-hydroxylation sites is 1. The van der Waals surface area contributed by atoms with Crippen LogP contribution in [0.2, 0.25) is 0 Å². The second-order valence-electron chi connectivity index (χ2n) is 5.19. The SMILES string of the molecule is CC1Cc2cccc(N3CCN(C)CC3)c2O1. The van der Waals surface area contributed by atoms with Crippen LogP contribution in [0.4, 0.5) is 5.69 Å². The molecule has 2 heterocycles. The van der Waals surface area contributed by atoms with Gasteiger partial charge in [-0.3, -0.25) is 0 Å². The van der Waals surface area contributed by atoms with E-state index >= 15 is 0 Å². The van der Waals surface area contributed by atoms with Gasteiger partial charge in [-0.25, -0.2) is 0 Å². The molecule has 17 heavy (non-hydrogen) atoms. The minimum absolute atomic E-state index is 0.332. The van der Waals surface area contributed by atoms with Crippen molar-refractivity contribution >= 4 is 5.69 Å². The van der Waals surface area contributed by atoms with Crippen LogP contribution in [0, 0.1) is 0 Å². The lowest BCUT2D eigenvalue weighted by atomic mass is 10.1. The Morgan fingerprint density at radius 2 is 1.94 bits per heavy atom. The van der Waals surface area contributed by atoms with Gasteiger partial charge in [-0.05, 0) is 25.6 Å². The van der Waals surface area contributed by atoms with Crippen molar-refractivity contribution < 1.29 is 4.74 Å². The lowest BCUT2D eigenvalue weighted by Crippen LogP contribution is -2.44. The molecule has 3 rings (SSSR count). The topological polar surface area (TPSA) is 15.7 Å². The number of anilines is 1. The second-order valence-corrected chi connectivity index (χ2v) is 5.19. The maximum Gasteiger partial charge on any atom is 0.146 e. The van der Waals surface area contributed by atoms with Crippen LogP contribution in [-0.2, 0) is 6.42 Å². The number of benzene rings is 1. The Labute approximate surface area is 103 Å². The minimum Gasteiger partial charge on any atom is -0.488 e. The maximum absolute atomic E-state index is 5.96. The molecule has 1 saturated heterocycles. The summed E-state index contributed by atoms with van der Waals surface area (Å²) in [5, 5.41) is 0. The van der Waals surface area contributed by atoms with Gasteiger partial charge >= 0.3 is 0 Å². The van der Waals surface area contributed by atoms with E-state index in [0.29, 0.717) is 6.10 Å². The van der Waals surface area contributed by atoms with E-state index in [1.54, 1.807) is 0 Å². The average Bonchev–Trinajstić information content (AvgIpc) is 2.70. The van der Waals surface area contributed by atoms with Crippen molar-refractivity contribution in [1.29, 1.82) is 0 Å². The highest BCUT2D eigenvalue weighted by Gasteiger charge is 2.25. The van der Waals surface area contributed by atoms with E-state index in [4.69, 9.17) is 4.74 Å². The van der Waals surface area contributed by atoms with Crippen molar-refractivity contribution in [3.05, 3.63) is 23.8 Å². The zero-order chi connectivity index (χ0) is 11.8. The first-order chi connectivity index (χ1) is 8.24. The highest BCUT2D eigenvalue weighted by molar-refractivity contribution is 5.63. The molecule has 0 spiro atoms. The molecule has 0 aliphatic carbocycles. The highest BCUT2D eigenvalue weighted by Crippen LogP contribution is 2.38. The largest absolute Gasteiger partial charge is 0.488 e. The van der Waals surface area contributed by atoms with E-state index in [1.807, 2.05) is 0 Å². The summed E-state index contributed by atoms with van der Waals surface area (Å²) in [6.45, 7) is 6.63. The summed E-state index contributed by atoms with van der Waals surface area (Å²) in [4.78, 5) is 4.83. The van der Waals surface area contributed by atoms with Crippen LogP contribution in [0.25, 0.3) is 0 Å². The summed E-state index contributed by atoms with van der Waals surface area (Å²) in [5.41, 5.74) is 2.66. The van der Waals surface area contributed by atoms with Crippen LogP contribution in [0.5, 0.6) is 5.75 Å². The summed E-state index contributed by atoms with van der Waals surface area (Å²) < 4.78 is 5.96. The molecular formula is C14H20N2O. The molecule has 0 amide bonds. The molecule has 2 aliphatic heterocycles. The van der Waals surface area contributed by atoms with E-state index in [1.165, 1.54) is 11.3 Å². The van der Waals surface area contributed by atoms with E-state index in [-0.39, 0.29) is 0 Å². The third-order valence-corrected chi connectivity index (χ3v) is 3.75. The fourth-order valence-electron chi connectivity index (χ4n) is 2.72. The Bertz CT molecular complexity index is 411. The van der Waals surface area contributed by atoms with E-state index in [2.05, 4.69) is 42.0 Å². The molecule has 1 aromatic rings. The van der Waals surface area contributed by atoms with Crippen molar-refractivity contribution in [1.82, 2.24) is 4.90 Å². The summed E-state index contributed by atoms with van der Waals surface area (Å²) in [6, 6.07) is 6.55. The van der Waals surface area contributed by atoms with Crippen LogP contribution in [0.1, 0.15) is 12.5 Å². The molecule has 92 valence electrons. The molecule has 0 radical (unpaired) electrons. The minimum atomic E-state index is 0.332. The van der Waals surface area contributed by atoms with Crippen molar-refractivity contribution in [3.63, 3.8) is 0 Å². The van der Waals surface area contributed by atoms with Gasteiger partial charge in [-0.2, -0.15) is 0 Å². The highest BCUT2D eigenvalue weighted by atomic mass is 16.5. The Hall–Kier alpha value is -1.22. The number of rotatable bonds is 1. The Kier molecular flexibility index (Phi) is 2.71. The van der Waals surface area contributed by atoms with Gasteiger partial charge in [-0.15, -0.1) is 0 Å². The van der Waals surface area contributed by atoms with Crippen molar-refractivity contribution in [3.8, 4) is 5.75 Å². The first kappa shape index (κ1) is 10.9. The number of ether oxygens (including phenoxy) is 1. The molecule has 1 aromatic carbocycles. The molecule has 1 unspecified atom stereocenters. The van der Waals surface area contributed by atoms with Crippen LogP contribution < -0.4 is 9.64 Å². The molecule has 0 bridgehead atoms. The predicted octanol–water partition coefficient (Wildman–Crippen LogP) is 1.76. The average molecular weight is 232 g/mol. The van der Waals surface area contributed by atoms with Gasteiger partial charge in [0.05, 0.1) is 5.69 Å². The predicted molar refractivity (Wildman–Crippen MR) is 69.9 cm³/mol. The van der Waals surface area contributed by atoms with Crippen molar-refractivity contribution in [2.45, 2.75) is 19.4 Å².